The molecule has 5 N–H and O–H groups in total. The molecule has 2 aromatic rings. The highest BCUT2D eigenvalue weighted by Gasteiger charge is 2.42. The minimum Gasteiger partial charge on any atom is -0.406 e. The summed E-state index contributed by atoms with van der Waals surface area (Å²) in [6.07, 6.45) is -2.63. The summed E-state index contributed by atoms with van der Waals surface area (Å²) in [5.41, 5.74) is 11.4. The Bertz CT molecular complexity index is 1190. The Kier molecular flexibility index (Phi) is 7.48. The molecule has 0 spiro atoms. The largest absolute Gasteiger partial charge is 0.573 e. The Balaban J connectivity index is 1.55. The van der Waals surface area contributed by atoms with Gasteiger partial charge in [0.25, 0.3) is 0 Å². The van der Waals surface area contributed by atoms with Gasteiger partial charge in [-0.2, -0.15) is 4.39 Å². The lowest BCUT2D eigenvalue weighted by molar-refractivity contribution is -0.274. The normalized spacial score (nSPS) is 22.6. The summed E-state index contributed by atoms with van der Waals surface area (Å²) in [5, 5.41) is 2.90. The highest BCUT2D eigenvalue weighted by Crippen LogP contribution is 2.33. The number of alkyl halides is 3. The lowest BCUT2D eigenvalue weighted by Crippen LogP contribution is -2.61. The van der Waals surface area contributed by atoms with Crippen LogP contribution in [0.15, 0.2) is 24.5 Å². The second kappa shape index (κ2) is 10.4. The molecule has 1 aromatic heterocycles. The van der Waals surface area contributed by atoms with E-state index in [2.05, 4.69) is 20.0 Å². The fraction of sp³-hybridized carbons (Fsp3) is 0.455. The molecule has 15 heteroatoms. The molecule has 10 nitrogen and oxygen atoms in total. The Morgan fingerprint density at radius 1 is 1.19 bits per heavy atom. The van der Waals surface area contributed by atoms with E-state index in [4.69, 9.17) is 23.1 Å². The highest BCUT2D eigenvalue weighted by atomic mass is 35.5. The maximum atomic E-state index is 14.6. The third-order valence-electron chi connectivity index (χ3n) is 6.36. The number of ether oxygens (including phenoxy) is 1. The van der Waals surface area contributed by atoms with Gasteiger partial charge in [-0.15, -0.1) is 13.2 Å². The van der Waals surface area contributed by atoms with Gasteiger partial charge in [-0.3, -0.25) is 9.59 Å². The van der Waals surface area contributed by atoms with Gasteiger partial charge in [-0.1, -0.05) is 11.6 Å². The van der Waals surface area contributed by atoms with Crippen LogP contribution in [0.2, 0.25) is 5.02 Å². The van der Waals surface area contributed by atoms with Crippen LogP contribution >= 0.6 is 11.6 Å². The third kappa shape index (κ3) is 6.06. The number of nitrogens with zero attached hydrogens (tertiary/aromatic N) is 4. The molecule has 0 unspecified atom stereocenters. The molecule has 37 heavy (non-hydrogen) atoms. The number of anilines is 3. The van der Waals surface area contributed by atoms with Crippen LogP contribution in [0.3, 0.4) is 0 Å². The predicted molar refractivity (Wildman–Crippen MR) is 126 cm³/mol. The summed E-state index contributed by atoms with van der Waals surface area (Å²) in [7, 11) is 0. The second-order valence-corrected chi connectivity index (χ2v) is 9.24. The Morgan fingerprint density at radius 2 is 1.95 bits per heavy atom. The molecule has 2 amide bonds. The van der Waals surface area contributed by atoms with E-state index in [1.165, 1.54) is 11.0 Å². The predicted octanol–water partition coefficient (Wildman–Crippen LogP) is 2.53. The number of halogens is 5. The lowest BCUT2D eigenvalue weighted by Gasteiger charge is -2.46. The number of nitrogen functional groups attached to an aromatic ring is 1. The van der Waals surface area contributed by atoms with Gasteiger partial charge in [-0.25, -0.2) is 9.97 Å². The van der Waals surface area contributed by atoms with Crippen LogP contribution in [0.25, 0.3) is 0 Å². The summed E-state index contributed by atoms with van der Waals surface area (Å²) >= 11 is 5.95. The topological polar surface area (TPSA) is 140 Å². The molecular weight excluding hydrogens is 522 g/mol. The number of amides is 2. The minimum atomic E-state index is -4.91. The second-order valence-electron chi connectivity index (χ2n) is 8.80. The van der Waals surface area contributed by atoms with E-state index in [9.17, 15) is 27.2 Å². The molecule has 2 saturated heterocycles. The zero-order valence-electron chi connectivity index (χ0n) is 19.3. The van der Waals surface area contributed by atoms with Crippen molar-refractivity contribution < 1.29 is 31.9 Å². The highest BCUT2D eigenvalue weighted by molar-refractivity contribution is 6.31. The van der Waals surface area contributed by atoms with Gasteiger partial charge >= 0.3 is 6.36 Å². The van der Waals surface area contributed by atoms with Crippen molar-refractivity contribution in [3.05, 3.63) is 35.4 Å². The van der Waals surface area contributed by atoms with Crippen molar-refractivity contribution in [1.82, 2.24) is 14.9 Å². The zero-order chi connectivity index (χ0) is 26.9. The number of likely N-dealkylation sites (tertiary alicyclic amines) is 1. The number of primary amides is 1. The number of hydrogen-bond donors (Lipinski definition) is 3. The Morgan fingerprint density at radius 3 is 2.65 bits per heavy atom. The van der Waals surface area contributed by atoms with Crippen molar-refractivity contribution in [2.24, 2.45) is 11.7 Å². The van der Waals surface area contributed by atoms with Crippen LogP contribution in [0.1, 0.15) is 19.3 Å². The molecule has 4 rings (SSSR count). The van der Waals surface area contributed by atoms with E-state index in [0.717, 1.165) is 18.5 Å². The van der Waals surface area contributed by atoms with Gasteiger partial charge < -0.3 is 31.3 Å². The van der Waals surface area contributed by atoms with Crippen molar-refractivity contribution in [2.75, 3.05) is 35.6 Å². The summed E-state index contributed by atoms with van der Waals surface area (Å²) in [4.78, 5) is 36.4. The van der Waals surface area contributed by atoms with Crippen LogP contribution in [0, 0.1) is 11.7 Å². The summed E-state index contributed by atoms with van der Waals surface area (Å²) in [6, 6.07) is 1.95. The van der Waals surface area contributed by atoms with Crippen molar-refractivity contribution in [3.63, 3.8) is 0 Å². The number of benzene rings is 1. The first kappa shape index (κ1) is 26.5. The molecule has 0 saturated carbocycles. The maximum Gasteiger partial charge on any atom is 0.573 e. The number of carbonyl (C=O) groups excluding carboxylic acids is 2. The van der Waals surface area contributed by atoms with Gasteiger partial charge in [0.15, 0.2) is 11.6 Å². The van der Waals surface area contributed by atoms with E-state index in [1.807, 2.05) is 0 Å². The fourth-order valence-corrected chi connectivity index (χ4v) is 4.99. The first-order valence-corrected chi connectivity index (χ1v) is 11.7. The maximum absolute atomic E-state index is 14.6. The van der Waals surface area contributed by atoms with Gasteiger partial charge in [0.05, 0.1) is 12.0 Å². The van der Waals surface area contributed by atoms with E-state index in [0.29, 0.717) is 19.4 Å². The Hall–Kier alpha value is -3.55. The zero-order valence-corrected chi connectivity index (χ0v) is 20.1. The molecule has 0 bridgehead atoms. The molecule has 0 aliphatic carbocycles. The standard InChI is InChI=1S/C22H24ClF4N7O3/c23-11-6-12(8-13(7-11)37-22(25,26)27)32-15-2-1-4-34(21(15)36)16-9-33(5-3-14(16)19(29)35)20-17(24)18(28)30-10-31-20/h6-8,10,14-16,32H,1-5,9H2,(H2,29,35)(H2,28,30,31)/t14-,15-,16-/m0/s1. The van der Waals surface area contributed by atoms with Crippen LogP contribution in [-0.4, -0.2) is 64.8 Å². The van der Waals surface area contributed by atoms with Crippen molar-refractivity contribution in [2.45, 2.75) is 37.7 Å². The van der Waals surface area contributed by atoms with Gasteiger partial charge in [0, 0.05) is 36.4 Å². The molecule has 3 atom stereocenters. The number of aromatic nitrogens is 2. The quantitative estimate of drug-likeness (QED) is 0.471. The Labute approximate surface area is 213 Å². The third-order valence-corrected chi connectivity index (χ3v) is 6.58. The first-order chi connectivity index (χ1) is 17.4. The molecule has 1 aromatic carbocycles. The smallest absolute Gasteiger partial charge is 0.406 e. The van der Waals surface area contributed by atoms with Crippen LogP contribution in [0.5, 0.6) is 5.75 Å². The van der Waals surface area contributed by atoms with Crippen LogP contribution in [-0.2, 0) is 9.59 Å². The average Bonchev–Trinajstić information content (AvgIpc) is 2.80. The molecule has 200 valence electrons. The summed E-state index contributed by atoms with van der Waals surface area (Å²) in [5.74, 6) is -3.39. The number of carbonyl (C=O) groups is 2. The molecule has 0 radical (unpaired) electrons. The van der Waals surface area contributed by atoms with Crippen LogP contribution < -0.4 is 26.4 Å². The van der Waals surface area contributed by atoms with E-state index >= 15 is 0 Å². The number of hydrogen-bond acceptors (Lipinski definition) is 8. The molecule has 3 heterocycles. The average molecular weight is 546 g/mol. The summed E-state index contributed by atoms with van der Waals surface area (Å²) in [6.45, 7) is 0.636. The van der Waals surface area contributed by atoms with E-state index in [1.54, 1.807) is 4.90 Å². The molecule has 2 aliphatic heterocycles. The summed E-state index contributed by atoms with van der Waals surface area (Å²) < 4.78 is 56.5. The fourth-order valence-electron chi connectivity index (χ4n) is 4.77. The number of nitrogens with one attached hydrogen (secondary N) is 1. The lowest BCUT2D eigenvalue weighted by atomic mass is 9.87. The number of piperidine rings is 2. The molecule has 2 aliphatic rings. The van der Waals surface area contributed by atoms with Crippen LogP contribution in [0.4, 0.5) is 34.9 Å². The van der Waals surface area contributed by atoms with Gasteiger partial charge in [-0.05, 0) is 31.4 Å². The van der Waals surface area contributed by atoms with Crippen molar-refractivity contribution in [3.8, 4) is 5.75 Å². The van der Waals surface area contributed by atoms with E-state index < -0.39 is 41.8 Å². The van der Waals surface area contributed by atoms with Gasteiger partial charge in [0.1, 0.15) is 18.1 Å². The first-order valence-electron chi connectivity index (χ1n) is 11.4. The van der Waals surface area contributed by atoms with Gasteiger partial charge in [0.2, 0.25) is 17.6 Å². The SMILES string of the molecule is NC(=O)[C@H]1CCN(c2ncnc(N)c2F)C[C@@H]1N1CCC[C@H](Nc2cc(Cl)cc(OC(F)(F)F)c2)C1=O. The molecule has 2 fully saturated rings. The monoisotopic (exact) mass is 545 g/mol. The number of rotatable bonds is 6. The van der Waals surface area contributed by atoms with Crippen molar-refractivity contribution in [1.29, 1.82) is 0 Å². The van der Waals surface area contributed by atoms with E-state index in [-0.39, 0.29) is 47.8 Å². The number of nitrogens with two attached hydrogens (primary N) is 2. The van der Waals surface area contributed by atoms with Crippen molar-refractivity contribution >= 4 is 40.7 Å². The minimum absolute atomic E-state index is 0.0211. The molecular formula is C22H24ClF4N7O3.